The number of likely N-dealkylation sites (tertiary alicyclic amines) is 1. The van der Waals surface area contributed by atoms with Crippen LogP contribution in [0.4, 0.5) is 13.2 Å². The summed E-state index contributed by atoms with van der Waals surface area (Å²) in [6.45, 7) is 9.13. The molecule has 1 aliphatic carbocycles. The standard InChI is InChI=1S/C23H32F3N5O4/c1-21(2,3)16(30-20(35)23(24,25)26)19(34)31-10-13-14(22(13,4)5)15(31)18(33)29-12(9-27)8-11-6-7-28-17(11)32/h11-16H,6-8,10H2,1-5H3,(H,28,32)(H,29,33)(H,30,35)/t11-,12-,13-,14-,15+,16+/m0/s1. The van der Waals surface area contributed by atoms with Crippen molar-refractivity contribution in [3.63, 3.8) is 0 Å². The molecule has 1 saturated carbocycles. The van der Waals surface area contributed by atoms with Gasteiger partial charge in [0.1, 0.15) is 18.1 Å². The number of hydrogen-bond donors (Lipinski definition) is 3. The van der Waals surface area contributed by atoms with Gasteiger partial charge in [-0.15, -0.1) is 0 Å². The second-order valence-electron chi connectivity index (χ2n) is 11.4. The first-order valence-electron chi connectivity index (χ1n) is 11.7. The third kappa shape index (κ3) is 5.23. The summed E-state index contributed by atoms with van der Waals surface area (Å²) in [5.41, 5.74) is -1.33. The average Bonchev–Trinajstić information content (AvgIpc) is 3.10. The second-order valence-corrected chi connectivity index (χ2v) is 11.4. The summed E-state index contributed by atoms with van der Waals surface area (Å²) in [6, 6.07) is -1.48. The lowest BCUT2D eigenvalue weighted by molar-refractivity contribution is -0.176. The number of piperidine rings is 1. The lowest BCUT2D eigenvalue weighted by Gasteiger charge is -2.37. The van der Waals surface area contributed by atoms with Crippen molar-refractivity contribution in [2.75, 3.05) is 13.1 Å². The van der Waals surface area contributed by atoms with Crippen LogP contribution in [0.25, 0.3) is 0 Å². The number of alkyl halides is 3. The Hall–Kier alpha value is -2.84. The van der Waals surface area contributed by atoms with Gasteiger partial charge >= 0.3 is 12.1 Å². The zero-order valence-corrected chi connectivity index (χ0v) is 20.5. The van der Waals surface area contributed by atoms with E-state index in [1.54, 1.807) is 5.32 Å². The number of rotatable bonds is 6. The zero-order valence-electron chi connectivity index (χ0n) is 20.5. The minimum absolute atomic E-state index is 0.0396. The SMILES string of the molecule is CC(C)(C)[C@H](NC(=O)C(F)(F)F)C(=O)N1C[C@H]2[C@@H]([C@@H]1C(=O)N[C@H](C#N)C[C@@H]1CCNC1=O)C2(C)C. The van der Waals surface area contributed by atoms with Crippen molar-refractivity contribution < 1.29 is 32.3 Å². The van der Waals surface area contributed by atoms with Gasteiger partial charge < -0.3 is 20.9 Å². The number of hydrogen-bond acceptors (Lipinski definition) is 5. The maximum absolute atomic E-state index is 13.5. The molecule has 0 radical (unpaired) electrons. The molecule has 0 aromatic heterocycles. The van der Waals surface area contributed by atoms with Crippen LogP contribution in [-0.4, -0.2) is 65.9 Å². The van der Waals surface area contributed by atoms with Crippen LogP contribution in [-0.2, 0) is 19.2 Å². The Labute approximate surface area is 202 Å². The van der Waals surface area contributed by atoms with Crippen molar-refractivity contribution in [1.82, 2.24) is 20.9 Å². The van der Waals surface area contributed by atoms with E-state index in [0.717, 1.165) is 0 Å². The highest BCUT2D eigenvalue weighted by atomic mass is 19.4. The Bertz CT molecular complexity index is 952. The fourth-order valence-electron chi connectivity index (χ4n) is 5.40. The average molecular weight is 500 g/mol. The molecule has 2 saturated heterocycles. The molecule has 6 atom stereocenters. The molecule has 0 aromatic carbocycles. The van der Waals surface area contributed by atoms with Crippen LogP contribution in [0.3, 0.4) is 0 Å². The topological polar surface area (TPSA) is 131 Å². The fraction of sp³-hybridized carbons (Fsp3) is 0.783. The quantitative estimate of drug-likeness (QED) is 0.504. The van der Waals surface area contributed by atoms with Gasteiger partial charge in [-0.2, -0.15) is 18.4 Å². The summed E-state index contributed by atoms with van der Waals surface area (Å²) < 4.78 is 38.8. The van der Waals surface area contributed by atoms with E-state index >= 15 is 0 Å². The maximum atomic E-state index is 13.5. The van der Waals surface area contributed by atoms with E-state index < -0.39 is 53.4 Å². The van der Waals surface area contributed by atoms with Gasteiger partial charge in [-0.1, -0.05) is 34.6 Å². The van der Waals surface area contributed by atoms with Gasteiger partial charge in [0.15, 0.2) is 0 Å². The van der Waals surface area contributed by atoms with E-state index in [4.69, 9.17) is 0 Å². The molecule has 0 unspecified atom stereocenters. The van der Waals surface area contributed by atoms with Crippen LogP contribution in [0.1, 0.15) is 47.5 Å². The Morgan fingerprint density at radius 2 is 1.86 bits per heavy atom. The van der Waals surface area contributed by atoms with Gasteiger partial charge in [0.25, 0.3) is 0 Å². The second kappa shape index (κ2) is 8.99. The molecule has 3 rings (SSSR count). The van der Waals surface area contributed by atoms with Crippen LogP contribution in [0.15, 0.2) is 0 Å². The number of fused-ring (bicyclic) bond motifs is 1. The van der Waals surface area contributed by atoms with Gasteiger partial charge in [-0.25, -0.2) is 0 Å². The number of carbonyl (C=O) groups excluding carboxylic acids is 4. The molecule has 4 amide bonds. The van der Waals surface area contributed by atoms with E-state index in [-0.39, 0.29) is 36.1 Å². The van der Waals surface area contributed by atoms with Crippen molar-refractivity contribution in [3.8, 4) is 6.07 Å². The Morgan fingerprint density at radius 1 is 1.23 bits per heavy atom. The third-order valence-corrected chi connectivity index (χ3v) is 7.56. The van der Waals surface area contributed by atoms with Crippen LogP contribution in [0.5, 0.6) is 0 Å². The number of nitrogens with zero attached hydrogens (tertiary/aromatic N) is 2. The first-order valence-corrected chi connectivity index (χ1v) is 11.7. The van der Waals surface area contributed by atoms with Gasteiger partial charge in [0.2, 0.25) is 17.7 Å². The summed E-state index contributed by atoms with van der Waals surface area (Å²) in [5.74, 6) is -4.46. The monoisotopic (exact) mass is 499 g/mol. The van der Waals surface area contributed by atoms with Crippen LogP contribution < -0.4 is 16.0 Å². The first-order chi connectivity index (χ1) is 16.0. The Morgan fingerprint density at radius 3 is 2.34 bits per heavy atom. The number of nitriles is 1. The van der Waals surface area contributed by atoms with Crippen LogP contribution in [0.2, 0.25) is 0 Å². The number of carbonyl (C=O) groups is 4. The van der Waals surface area contributed by atoms with E-state index in [1.165, 1.54) is 25.7 Å². The summed E-state index contributed by atoms with van der Waals surface area (Å²) >= 11 is 0. The van der Waals surface area contributed by atoms with Crippen molar-refractivity contribution in [1.29, 1.82) is 5.26 Å². The molecule has 2 aliphatic heterocycles. The highest BCUT2D eigenvalue weighted by molar-refractivity contribution is 5.95. The zero-order chi connectivity index (χ0) is 26.5. The van der Waals surface area contributed by atoms with Gasteiger partial charge in [-0.3, -0.25) is 19.2 Å². The molecule has 194 valence electrons. The van der Waals surface area contributed by atoms with Crippen molar-refractivity contribution in [2.45, 2.75) is 71.8 Å². The summed E-state index contributed by atoms with van der Waals surface area (Å²) in [7, 11) is 0. The third-order valence-electron chi connectivity index (χ3n) is 7.56. The molecule has 0 aromatic rings. The van der Waals surface area contributed by atoms with E-state index in [1.807, 2.05) is 19.9 Å². The van der Waals surface area contributed by atoms with Crippen molar-refractivity contribution >= 4 is 23.6 Å². The Kier molecular flexibility index (Phi) is 6.87. The molecule has 12 heteroatoms. The number of halogens is 3. The normalized spacial score (nSPS) is 28.9. The molecule has 0 bridgehead atoms. The highest BCUT2D eigenvalue weighted by Crippen LogP contribution is 2.65. The smallest absolute Gasteiger partial charge is 0.356 e. The molecule has 9 nitrogen and oxygen atoms in total. The number of amides is 4. The largest absolute Gasteiger partial charge is 0.471 e. The summed E-state index contributed by atoms with van der Waals surface area (Å²) in [6.07, 6.45) is -4.49. The van der Waals surface area contributed by atoms with Crippen LogP contribution >= 0.6 is 0 Å². The minimum atomic E-state index is -5.16. The van der Waals surface area contributed by atoms with Crippen molar-refractivity contribution in [3.05, 3.63) is 0 Å². The number of nitrogens with one attached hydrogen (secondary N) is 3. The summed E-state index contributed by atoms with van der Waals surface area (Å²) in [4.78, 5) is 51.6. The van der Waals surface area contributed by atoms with E-state index in [2.05, 4.69) is 10.6 Å². The van der Waals surface area contributed by atoms with Crippen LogP contribution in [0, 0.1) is 39.9 Å². The lowest BCUT2D eigenvalue weighted by atomic mass is 9.85. The van der Waals surface area contributed by atoms with E-state index in [0.29, 0.717) is 13.0 Å². The van der Waals surface area contributed by atoms with Gasteiger partial charge in [0.05, 0.1) is 6.07 Å². The molecule has 35 heavy (non-hydrogen) atoms. The fourth-order valence-corrected chi connectivity index (χ4v) is 5.40. The van der Waals surface area contributed by atoms with Gasteiger partial charge in [0, 0.05) is 19.0 Å². The molecular weight excluding hydrogens is 467 g/mol. The molecule has 3 N–H and O–H groups in total. The summed E-state index contributed by atoms with van der Waals surface area (Å²) in [5, 5.41) is 16.7. The molecule has 3 aliphatic rings. The van der Waals surface area contributed by atoms with E-state index in [9.17, 15) is 37.6 Å². The predicted octanol–water partition coefficient (Wildman–Crippen LogP) is 1.10. The molecular formula is C23H32F3N5O4. The molecule has 2 heterocycles. The predicted molar refractivity (Wildman–Crippen MR) is 117 cm³/mol. The molecule has 3 fully saturated rings. The molecule has 0 spiro atoms. The lowest BCUT2D eigenvalue weighted by Crippen LogP contribution is -2.61. The Balaban J connectivity index is 1.81. The van der Waals surface area contributed by atoms with Gasteiger partial charge in [-0.05, 0) is 35.5 Å². The maximum Gasteiger partial charge on any atom is 0.471 e. The first kappa shape index (κ1) is 26.8. The van der Waals surface area contributed by atoms with Crippen molar-refractivity contribution in [2.24, 2.45) is 28.6 Å². The minimum Gasteiger partial charge on any atom is -0.356 e. The highest BCUT2D eigenvalue weighted by Gasteiger charge is 2.70.